The van der Waals surface area contributed by atoms with Crippen LogP contribution in [0.25, 0.3) is 0 Å². The van der Waals surface area contributed by atoms with Gasteiger partial charge in [0.2, 0.25) is 21.9 Å². The highest BCUT2D eigenvalue weighted by Crippen LogP contribution is 2.41. The Morgan fingerprint density at radius 3 is 2.61 bits per heavy atom. The number of hydrogen-bond acceptors (Lipinski definition) is 8. The molecule has 0 atom stereocenters. The third kappa shape index (κ3) is 5.03. The van der Waals surface area contributed by atoms with E-state index in [1.54, 1.807) is 18.2 Å². The van der Waals surface area contributed by atoms with Crippen LogP contribution in [0.5, 0.6) is 0 Å². The van der Waals surface area contributed by atoms with E-state index in [1.165, 1.54) is 35.0 Å². The van der Waals surface area contributed by atoms with Crippen molar-refractivity contribution >= 4 is 39.3 Å². The summed E-state index contributed by atoms with van der Waals surface area (Å²) in [5, 5.41) is 12.3. The van der Waals surface area contributed by atoms with Crippen molar-refractivity contribution < 1.29 is 17.9 Å². The van der Waals surface area contributed by atoms with Gasteiger partial charge in [0.25, 0.3) is 0 Å². The first kappa shape index (κ1) is 22.6. The molecule has 1 aromatic heterocycles. The SMILES string of the molecule is O=C(CSc1nnc(N2CCCC2)n1C1CC1)Nc1cccc(S(=O)(=O)N2CCOCC2)c1. The molecule has 0 radical (unpaired) electrons. The first-order chi connectivity index (χ1) is 16.0. The zero-order chi connectivity index (χ0) is 22.8. The van der Waals surface area contributed by atoms with Gasteiger partial charge in [0.05, 0.1) is 23.9 Å². The van der Waals surface area contributed by atoms with Crippen molar-refractivity contribution in [2.24, 2.45) is 0 Å². The van der Waals surface area contributed by atoms with Gasteiger partial charge in [-0.1, -0.05) is 17.8 Å². The molecule has 1 N–H and O–H groups in total. The van der Waals surface area contributed by atoms with Gasteiger partial charge in [-0.15, -0.1) is 10.2 Å². The van der Waals surface area contributed by atoms with Crippen molar-refractivity contribution in [2.75, 3.05) is 55.4 Å². The van der Waals surface area contributed by atoms with Crippen molar-refractivity contribution in [1.29, 1.82) is 0 Å². The number of nitrogens with zero attached hydrogens (tertiary/aromatic N) is 5. The van der Waals surface area contributed by atoms with Gasteiger partial charge in [-0.2, -0.15) is 4.31 Å². The predicted molar refractivity (Wildman–Crippen MR) is 125 cm³/mol. The second kappa shape index (κ2) is 9.61. The molecule has 2 aromatic rings. The number of amides is 1. The third-order valence-electron chi connectivity index (χ3n) is 6.01. The van der Waals surface area contributed by atoms with Crippen LogP contribution in [0.3, 0.4) is 0 Å². The molecule has 33 heavy (non-hydrogen) atoms. The highest BCUT2D eigenvalue weighted by atomic mass is 32.2. The molecule has 3 heterocycles. The molecule has 0 unspecified atom stereocenters. The molecule has 2 saturated heterocycles. The van der Waals surface area contributed by atoms with Gasteiger partial charge < -0.3 is 15.0 Å². The van der Waals surface area contributed by atoms with Gasteiger partial charge in [-0.05, 0) is 43.9 Å². The molecule has 12 heteroatoms. The zero-order valence-electron chi connectivity index (χ0n) is 18.4. The van der Waals surface area contributed by atoms with E-state index in [0.29, 0.717) is 38.0 Å². The van der Waals surface area contributed by atoms with Crippen molar-refractivity contribution in [3.05, 3.63) is 24.3 Å². The number of aromatic nitrogens is 3. The summed E-state index contributed by atoms with van der Waals surface area (Å²) in [6, 6.07) is 6.81. The Morgan fingerprint density at radius 1 is 1.12 bits per heavy atom. The molecular formula is C21H28N6O4S2. The Bertz CT molecular complexity index is 1110. The molecule has 0 bridgehead atoms. The molecule has 1 aliphatic carbocycles. The first-order valence-electron chi connectivity index (χ1n) is 11.3. The molecule has 1 saturated carbocycles. The lowest BCUT2D eigenvalue weighted by Crippen LogP contribution is -2.40. The quantitative estimate of drug-likeness (QED) is 0.557. The fourth-order valence-corrected chi connectivity index (χ4v) is 6.41. The van der Waals surface area contributed by atoms with E-state index in [4.69, 9.17) is 4.74 Å². The number of ether oxygens (including phenoxy) is 1. The Kier molecular flexibility index (Phi) is 6.59. The number of sulfonamides is 1. The lowest BCUT2D eigenvalue weighted by atomic mass is 10.3. The Balaban J connectivity index is 1.23. The van der Waals surface area contributed by atoms with E-state index >= 15 is 0 Å². The lowest BCUT2D eigenvalue weighted by Gasteiger charge is -2.26. The maximum absolute atomic E-state index is 12.9. The summed E-state index contributed by atoms with van der Waals surface area (Å²) in [5.41, 5.74) is 0.455. The summed E-state index contributed by atoms with van der Waals surface area (Å²) in [6.45, 7) is 3.43. The molecule has 5 rings (SSSR count). The minimum absolute atomic E-state index is 0.165. The fraction of sp³-hybridized carbons (Fsp3) is 0.571. The maximum Gasteiger partial charge on any atom is 0.243 e. The summed E-state index contributed by atoms with van der Waals surface area (Å²) in [5.74, 6) is 0.874. The van der Waals surface area contributed by atoms with Gasteiger partial charge in [-0.25, -0.2) is 8.42 Å². The molecule has 178 valence electrons. The highest BCUT2D eigenvalue weighted by molar-refractivity contribution is 7.99. The van der Waals surface area contributed by atoms with Crippen LogP contribution in [0.4, 0.5) is 11.6 Å². The maximum atomic E-state index is 12.9. The molecule has 0 spiro atoms. The van der Waals surface area contributed by atoms with Crippen LogP contribution in [0.2, 0.25) is 0 Å². The minimum Gasteiger partial charge on any atom is -0.379 e. The topological polar surface area (TPSA) is 110 Å². The molecule has 1 amide bonds. The number of hydrogen-bond donors (Lipinski definition) is 1. The zero-order valence-corrected chi connectivity index (χ0v) is 20.0. The van der Waals surface area contributed by atoms with Crippen molar-refractivity contribution in [3.63, 3.8) is 0 Å². The molecule has 3 fully saturated rings. The van der Waals surface area contributed by atoms with E-state index in [9.17, 15) is 13.2 Å². The van der Waals surface area contributed by atoms with Crippen LogP contribution in [-0.2, 0) is 19.6 Å². The van der Waals surface area contributed by atoms with Gasteiger partial charge in [0.1, 0.15) is 0 Å². The van der Waals surface area contributed by atoms with Crippen LogP contribution in [0, 0.1) is 0 Å². The summed E-state index contributed by atoms with van der Waals surface area (Å²) in [4.78, 5) is 15.1. The van der Waals surface area contributed by atoms with Gasteiger partial charge in [0, 0.05) is 37.9 Å². The number of benzene rings is 1. The molecule has 10 nitrogen and oxygen atoms in total. The highest BCUT2D eigenvalue weighted by Gasteiger charge is 2.32. The standard InChI is InChI=1S/C21H28N6O4S2/c28-19(15-32-21-24-23-20(25-8-1-2-9-25)27(21)17-6-7-17)22-16-4-3-5-18(14-16)33(29,30)26-10-12-31-13-11-26/h3-5,14,17H,1-2,6-13,15H2,(H,22,28). The Labute approximate surface area is 197 Å². The summed E-state index contributed by atoms with van der Waals surface area (Å²) >= 11 is 1.37. The van der Waals surface area contributed by atoms with Crippen LogP contribution in [-0.4, -0.2) is 78.5 Å². The van der Waals surface area contributed by atoms with Gasteiger partial charge >= 0.3 is 0 Å². The summed E-state index contributed by atoms with van der Waals surface area (Å²) in [7, 11) is -3.62. The van der Waals surface area contributed by atoms with E-state index in [1.807, 2.05) is 0 Å². The van der Waals surface area contributed by atoms with Crippen LogP contribution < -0.4 is 10.2 Å². The number of carbonyl (C=O) groups excluding carboxylic acids is 1. The number of morpholine rings is 1. The van der Waals surface area contributed by atoms with E-state index in [-0.39, 0.29) is 16.6 Å². The first-order valence-corrected chi connectivity index (χ1v) is 13.8. The van der Waals surface area contributed by atoms with Gasteiger partial charge in [0.15, 0.2) is 5.16 Å². The number of thioether (sulfide) groups is 1. The lowest BCUT2D eigenvalue weighted by molar-refractivity contribution is -0.113. The van der Waals surface area contributed by atoms with Crippen LogP contribution in [0.1, 0.15) is 31.7 Å². The third-order valence-corrected chi connectivity index (χ3v) is 8.84. The Hall–Kier alpha value is -2.15. The molecule has 1 aromatic carbocycles. The summed E-state index contributed by atoms with van der Waals surface area (Å²) in [6.07, 6.45) is 4.57. The smallest absolute Gasteiger partial charge is 0.243 e. The molecule has 2 aliphatic heterocycles. The molecule has 3 aliphatic rings. The normalized spacial score (nSPS) is 19.7. The monoisotopic (exact) mass is 492 g/mol. The van der Waals surface area contributed by atoms with Crippen molar-refractivity contribution in [3.8, 4) is 0 Å². The minimum atomic E-state index is -3.62. The number of rotatable bonds is 8. The number of nitrogens with one attached hydrogen (secondary N) is 1. The number of anilines is 2. The predicted octanol–water partition coefficient (Wildman–Crippen LogP) is 1.96. The van der Waals surface area contributed by atoms with Crippen LogP contribution >= 0.6 is 11.8 Å². The second-order valence-corrected chi connectivity index (χ2v) is 11.3. The summed E-state index contributed by atoms with van der Waals surface area (Å²) < 4.78 is 34.6. The van der Waals surface area contributed by atoms with Crippen molar-refractivity contribution in [2.45, 2.75) is 41.8 Å². The van der Waals surface area contributed by atoms with E-state index < -0.39 is 10.0 Å². The van der Waals surface area contributed by atoms with E-state index in [2.05, 4.69) is 25.0 Å². The van der Waals surface area contributed by atoms with Crippen LogP contribution in [0.15, 0.2) is 34.3 Å². The Morgan fingerprint density at radius 2 is 1.88 bits per heavy atom. The number of carbonyl (C=O) groups is 1. The molecular weight excluding hydrogens is 464 g/mol. The largest absolute Gasteiger partial charge is 0.379 e. The average Bonchev–Trinajstić information content (AvgIpc) is 3.34. The second-order valence-electron chi connectivity index (χ2n) is 8.46. The van der Waals surface area contributed by atoms with Crippen molar-refractivity contribution in [1.82, 2.24) is 19.1 Å². The average molecular weight is 493 g/mol. The fourth-order valence-electron chi connectivity index (χ4n) is 4.15. The van der Waals surface area contributed by atoms with Gasteiger partial charge in [-0.3, -0.25) is 9.36 Å². The van der Waals surface area contributed by atoms with E-state index in [0.717, 1.165) is 37.0 Å².